The van der Waals surface area contributed by atoms with Crippen LogP contribution in [0.25, 0.3) is 0 Å². The molecule has 1 aliphatic rings. The Morgan fingerprint density at radius 3 is 2.13 bits per heavy atom. The van der Waals surface area contributed by atoms with Gasteiger partial charge in [0.2, 0.25) is 17.7 Å². The first-order valence-electron chi connectivity index (χ1n) is 10.5. The number of hydrogen-bond acceptors (Lipinski definition) is 6. The molecule has 0 radical (unpaired) electrons. The molecule has 1 aliphatic heterocycles. The van der Waals surface area contributed by atoms with Gasteiger partial charge in [-0.3, -0.25) is 19.2 Å². The fraction of sp³-hybridized carbons (Fsp3) is 0.750. The van der Waals surface area contributed by atoms with Gasteiger partial charge in [0.15, 0.2) is 0 Å². The maximum absolute atomic E-state index is 12.9. The highest BCUT2D eigenvalue weighted by atomic mass is 16.4. The lowest BCUT2D eigenvalue weighted by molar-refractivity contribution is -0.147. The molecule has 11 nitrogen and oxygen atoms in total. The standard InChI is InChI=1S/C20H34N4O7/c1-10(2)8-12(17(27)23-13(20(30)31)9-15(25)26)22-18(28)14-6-5-7-24(14)19(29)16(21)11(3)4/h10-14,16H,5-9,21H2,1-4H3,(H,22,28)(H,23,27)(H,25,26)(H,30,31). The summed E-state index contributed by atoms with van der Waals surface area (Å²) < 4.78 is 0. The summed E-state index contributed by atoms with van der Waals surface area (Å²) in [4.78, 5) is 61.8. The third kappa shape index (κ3) is 7.82. The summed E-state index contributed by atoms with van der Waals surface area (Å²) in [6, 6.07) is -4.20. The van der Waals surface area contributed by atoms with Gasteiger partial charge in [0.1, 0.15) is 18.1 Å². The molecule has 3 amide bonds. The van der Waals surface area contributed by atoms with Crippen LogP contribution >= 0.6 is 0 Å². The average molecular weight is 443 g/mol. The molecule has 31 heavy (non-hydrogen) atoms. The molecule has 6 N–H and O–H groups in total. The molecule has 1 rings (SSSR count). The molecular formula is C20H34N4O7. The van der Waals surface area contributed by atoms with Gasteiger partial charge in [-0.1, -0.05) is 27.7 Å². The number of rotatable bonds is 11. The van der Waals surface area contributed by atoms with Gasteiger partial charge < -0.3 is 31.5 Å². The average Bonchev–Trinajstić information content (AvgIpc) is 3.14. The molecule has 0 aromatic carbocycles. The minimum absolute atomic E-state index is 0.0190. The first kappa shape index (κ1) is 26.3. The van der Waals surface area contributed by atoms with Crippen LogP contribution in [0.4, 0.5) is 0 Å². The lowest BCUT2D eigenvalue weighted by Crippen LogP contribution is -2.57. The molecule has 1 heterocycles. The number of amides is 3. The van der Waals surface area contributed by atoms with Crippen LogP contribution in [0.2, 0.25) is 0 Å². The lowest BCUT2D eigenvalue weighted by atomic mass is 10.0. The van der Waals surface area contributed by atoms with Gasteiger partial charge in [0, 0.05) is 6.54 Å². The van der Waals surface area contributed by atoms with Crippen molar-refractivity contribution in [2.75, 3.05) is 6.54 Å². The van der Waals surface area contributed by atoms with E-state index in [-0.39, 0.29) is 24.2 Å². The number of aliphatic carboxylic acids is 2. The maximum Gasteiger partial charge on any atom is 0.326 e. The van der Waals surface area contributed by atoms with E-state index in [4.69, 9.17) is 15.9 Å². The Morgan fingerprint density at radius 2 is 1.65 bits per heavy atom. The minimum Gasteiger partial charge on any atom is -0.481 e. The van der Waals surface area contributed by atoms with E-state index in [9.17, 15) is 24.0 Å². The SMILES string of the molecule is CC(C)CC(NC(=O)C1CCCN1C(=O)C(N)C(C)C)C(=O)NC(CC(=O)O)C(=O)O. The largest absolute Gasteiger partial charge is 0.481 e. The van der Waals surface area contributed by atoms with Crippen LogP contribution in [0.15, 0.2) is 0 Å². The van der Waals surface area contributed by atoms with Crippen LogP contribution in [0.1, 0.15) is 53.4 Å². The smallest absolute Gasteiger partial charge is 0.326 e. The van der Waals surface area contributed by atoms with E-state index in [0.717, 1.165) is 0 Å². The van der Waals surface area contributed by atoms with Crippen molar-refractivity contribution in [3.05, 3.63) is 0 Å². The lowest BCUT2D eigenvalue weighted by Gasteiger charge is -2.30. The topological polar surface area (TPSA) is 179 Å². The van der Waals surface area contributed by atoms with Crippen molar-refractivity contribution in [3.8, 4) is 0 Å². The van der Waals surface area contributed by atoms with Crippen molar-refractivity contribution in [2.45, 2.75) is 77.5 Å². The van der Waals surface area contributed by atoms with Crippen molar-refractivity contribution >= 4 is 29.7 Å². The Bertz CT molecular complexity index is 695. The quantitative estimate of drug-likeness (QED) is 0.285. The molecule has 176 valence electrons. The predicted octanol–water partition coefficient (Wildman–Crippen LogP) is -0.464. The number of likely N-dealkylation sites (tertiary alicyclic amines) is 1. The second kappa shape index (κ2) is 11.6. The molecule has 0 spiro atoms. The summed E-state index contributed by atoms with van der Waals surface area (Å²) in [6.07, 6.45) is 0.467. The number of nitrogens with one attached hydrogen (secondary N) is 2. The second-order valence-corrected chi connectivity index (χ2v) is 8.65. The Hall–Kier alpha value is -2.69. The number of carbonyl (C=O) groups is 5. The molecule has 1 saturated heterocycles. The van der Waals surface area contributed by atoms with Crippen LogP contribution in [0.3, 0.4) is 0 Å². The monoisotopic (exact) mass is 442 g/mol. The Morgan fingerprint density at radius 1 is 1.03 bits per heavy atom. The van der Waals surface area contributed by atoms with E-state index >= 15 is 0 Å². The molecular weight excluding hydrogens is 408 g/mol. The molecule has 1 fully saturated rings. The summed E-state index contributed by atoms with van der Waals surface area (Å²) in [6.45, 7) is 7.66. The summed E-state index contributed by atoms with van der Waals surface area (Å²) in [5, 5.41) is 22.8. The first-order valence-corrected chi connectivity index (χ1v) is 10.5. The molecule has 0 saturated carbocycles. The molecule has 0 aliphatic carbocycles. The van der Waals surface area contributed by atoms with Crippen LogP contribution < -0.4 is 16.4 Å². The van der Waals surface area contributed by atoms with Crippen molar-refractivity contribution in [1.29, 1.82) is 0 Å². The van der Waals surface area contributed by atoms with Crippen LogP contribution in [0, 0.1) is 11.8 Å². The van der Waals surface area contributed by atoms with Crippen molar-refractivity contribution < 1.29 is 34.2 Å². The van der Waals surface area contributed by atoms with E-state index in [1.165, 1.54) is 4.90 Å². The number of hydrogen-bond donors (Lipinski definition) is 5. The molecule has 0 bridgehead atoms. The minimum atomic E-state index is -1.62. The summed E-state index contributed by atoms with van der Waals surface area (Å²) in [7, 11) is 0. The van der Waals surface area contributed by atoms with E-state index < -0.39 is 54.3 Å². The normalized spacial score (nSPS) is 19.1. The van der Waals surface area contributed by atoms with Crippen molar-refractivity contribution in [2.24, 2.45) is 17.6 Å². The highest BCUT2D eigenvalue weighted by molar-refractivity contribution is 5.95. The third-order valence-electron chi connectivity index (χ3n) is 5.18. The van der Waals surface area contributed by atoms with E-state index in [0.29, 0.717) is 19.4 Å². The van der Waals surface area contributed by atoms with Crippen molar-refractivity contribution in [3.63, 3.8) is 0 Å². The summed E-state index contributed by atoms with van der Waals surface area (Å²) in [5.74, 6) is -4.62. The maximum atomic E-state index is 12.9. The second-order valence-electron chi connectivity index (χ2n) is 8.65. The van der Waals surface area contributed by atoms with Gasteiger partial charge >= 0.3 is 11.9 Å². The Balaban J connectivity index is 2.93. The van der Waals surface area contributed by atoms with Gasteiger partial charge in [0.05, 0.1) is 12.5 Å². The van der Waals surface area contributed by atoms with Crippen LogP contribution in [-0.2, 0) is 24.0 Å². The zero-order chi connectivity index (χ0) is 23.9. The fourth-order valence-electron chi connectivity index (χ4n) is 3.40. The zero-order valence-electron chi connectivity index (χ0n) is 18.5. The van der Waals surface area contributed by atoms with Gasteiger partial charge in [-0.15, -0.1) is 0 Å². The zero-order valence-corrected chi connectivity index (χ0v) is 18.5. The number of carboxylic acids is 2. The highest BCUT2D eigenvalue weighted by Crippen LogP contribution is 2.20. The number of nitrogens with two attached hydrogens (primary N) is 1. The molecule has 0 aromatic rings. The summed E-state index contributed by atoms with van der Waals surface area (Å²) >= 11 is 0. The van der Waals surface area contributed by atoms with Gasteiger partial charge in [0.25, 0.3) is 0 Å². The van der Waals surface area contributed by atoms with E-state index in [1.807, 2.05) is 27.7 Å². The van der Waals surface area contributed by atoms with Crippen LogP contribution in [0.5, 0.6) is 0 Å². The Labute approximate surface area is 181 Å². The van der Waals surface area contributed by atoms with E-state index in [2.05, 4.69) is 10.6 Å². The van der Waals surface area contributed by atoms with Gasteiger partial charge in [-0.25, -0.2) is 4.79 Å². The Kier molecular flexibility index (Phi) is 9.89. The highest BCUT2D eigenvalue weighted by Gasteiger charge is 2.38. The summed E-state index contributed by atoms with van der Waals surface area (Å²) in [5.41, 5.74) is 5.95. The predicted molar refractivity (Wildman–Crippen MR) is 111 cm³/mol. The van der Waals surface area contributed by atoms with Gasteiger partial charge in [-0.2, -0.15) is 0 Å². The van der Waals surface area contributed by atoms with Crippen molar-refractivity contribution in [1.82, 2.24) is 15.5 Å². The first-order chi connectivity index (χ1) is 14.3. The molecule has 4 unspecified atom stereocenters. The van der Waals surface area contributed by atoms with Crippen LogP contribution in [-0.4, -0.2) is 75.5 Å². The number of carboxylic acid groups (broad SMARTS) is 2. The molecule has 11 heteroatoms. The number of nitrogens with zero attached hydrogens (tertiary/aromatic N) is 1. The molecule has 0 aromatic heterocycles. The van der Waals surface area contributed by atoms with E-state index in [1.54, 1.807) is 0 Å². The number of carbonyl (C=O) groups excluding carboxylic acids is 3. The van der Waals surface area contributed by atoms with Gasteiger partial charge in [-0.05, 0) is 31.1 Å². The third-order valence-corrected chi connectivity index (χ3v) is 5.18. The fourth-order valence-corrected chi connectivity index (χ4v) is 3.40. The molecule has 4 atom stereocenters.